The monoisotopic (exact) mass is 295 g/mol. The zero-order valence-corrected chi connectivity index (χ0v) is 11.9. The topological polar surface area (TPSA) is 104 Å². The first kappa shape index (κ1) is 13.9. The summed E-state index contributed by atoms with van der Waals surface area (Å²) in [6, 6.07) is 7.65. The first-order chi connectivity index (χ1) is 10.6. The van der Waals surface area contributed by atoms with Gasteiger partial charge in [-0.3, -0.25) is 0 Å². The molecule has 0 radical (unpaired) electrons. The predicted octanol–water partition coefficient (Wildman–Crippen LogP) is 1.67. The first-order valence-corrected chi connectivity index (χ1v) is 6.61. The summed E-state index contributed by atoms with van der Waals surface area (Å²) in [7, 11) is 0. The van der Waals surface area contributed by atoms with Crippen LogP contribution in [0.4, 0.5) is 5.82 Å². The summed E-state index contributed by atoms with van der Waals surface area (Å²) in [5.41, 5.74) is 7.20. The van der Waals surface area contributed by atoms with Crippen LogP contribution < -0.4 is 5.73 Å². The number of anilines is 1. The molecule has 2 aromatic heterocycles. The number of fused-ring (bicyclic) bond motifs is 1. The van der Waals surface area contributed by atoms with E-state index in [4.69, 9.17) is 10.5 Å². The minimum absolute atomic E-state index is 0.0139. The summed E-state index contributed by atoms with van der Waals surface area (Å²) in [5, 5.41) is 0.968. The minimum Gasteiger partial charge on any atom is -0.453 e. The van der Waals surface area contributed by atoms with E-state index >= 15 is 0 Å². The molecule has 7 heteroatoms. The van der Waals surface area contributed by atoms with Crippen molar-refractivity contribution < 1.29 is 9.53 Å². The molecule has 110 valence electrons. The molecule has 1 aromatic carbocycles. The number of carbonyl (C=O) groups is 1. The molecule has 3 aromatic rings. The maximum absolute atomic E-state index is 11.9. The molecule has 0 amide bonds. The molecular formula is C15H13N5O2. The van der Waals surface area contributed by atoms with E-state index in [0.717, 1.165) is 16.6 Å². The third-order valence-corrected chi connectivity index (χ3v) is 3.09. The molecule has 0 aliphatic heterocycles. The van der Waals surface area contributed by atoms with E-state index in [2.05, 4.69) is 19.9 Å². The Kier molecular flexibility index (Phi) is 3.61. The number of benzene rings is 1. The quantitative estimate of drug-likeness (QED) is 0.733. The average molecular weight is 295 g/mol. The largest absolute Gasteiger partial charge is 0.453 e. The number of carbonyl (C=O) groups excluding carboxylic acids is 1. The van der Waals surface area contributed by atoms with Gasteiger partial charge < -0.3 is 10.5 Å². The Labute approximate surface area is 126 Å². The Morgan fingerprint density at radius 2 is 1.95 bits per heavy atom. The second-order valence-corrected chi connectivity index (χ2v) is 4.61. The van der Waals surface area contributed by atoms with E-state index in [9.17, 15) is 4.79 Å². The van der Waals surface area contributed by atoms with Gasteiger partial charge in [0.15, 0.2) is 23.9 Å². The maximum atomic E-state index is 11.9. The molecule has 22 heavy (non-hydrogen) atoms. The van der Waals surface area contributed by atoms with Crippen molar-refractivity contribution in [2.24, 2.45) is 0 Å². The third-order valence-electron chi connectivity index (χ3n) is 3.09. The molecule has 0 bridgehead atoms. The Balaban J connectivity index is 1.79. The number of nitrogens with zero attached hydrogens (tertiary/aromatic N) is 4. The molecule has 0 saturated carbocycles. The number of hydrogen-bond acceptors (Lipinski definition) is 7. The van der Waals surface area contributed by atoms with Gasteiger partial charge in [-0.1, -0.05) is 18.2 Å². The van der Waals surface area contributed by atoms with Gasteiger partial charge in [0, 0.05) is 23.5 Å². The van der Waals surface area contributed by atoms with Crippen LogP contribution in [0.25, 0.3) is 10.9 Å². The Bertz CT molecular complexity index is 850. The summed E-state index contributed by atoms with van der Waals surface area (Å²) in [6.07, 6.45) is 2.78. The number of nitrogen functional groups attached to an aromatic ring is 1. The molecule has 0 aliphatic carbocycles. The molecule has 0 aliphatic rings. The van der Waals surface area contributed by atoms with Crippen molar-refractivity contribution in [3.05, 3.63) is 53.9 Å². The zero-order valence-electron chi connectivity index (χ0n) is 11.9. The van der Waals surface area contributed by atoms with Gasteiger partial charge in [0.1, 0.15) is 0 Å². The highest BCUT2D eigenvalue weighted by Gasteiger charge is 2.14. The summed E-state index contributed by atoms with van der Waals surface area (Å²) in [6.45, 7) is 1.83. The van der Waals surface area contributed by atoms with Gasteiger partial charge in [0.25, 0.3) is 0 Å². The maximum Gasteiger partial charge on any atom is 0.361 e. The Morgan fingerprint density at radius 3 is 2.77 bits per heavy atom. The summed E-state index contributed by atoms with van der Waals surface area (Å²) < 4.78 is 5.15. The number of aryl methyl sites for hydroxylation is 1. The van der Waals surface area contributed by atoms with Crippen LogP contribution in [0.3, 0.4) is 0 Å². The molecule has 0 atom stereocenters. The predicted molar refractivity (Wildman–Crippen MR) is 79.8 cm³/mol. The third kappa shape index (κ3) is 2.69. The van der Waals surface area contributed by atoms with Gasteiger partial charge in [-0.2, -0.15) is 0 Å². The van der Waals surface area contributed by atoms with E-state index in [1.54, 1.807) is 0 Å². The normalized spacial score (nSPS) is 10.6. The second-order valence-electron chi connectivity index (χ2n) is 4.61. The van der Waals surface area contributed by atoms with Crippen LogP contribution in [0.15, 0.2) is 36.7 Å². The fraction of sp³-hybridized carbons (Fsp3) is 0.133. The number of aromatic nitrogens is 4. The van der Waals surface area contributed by atoms with E-state index in [1.165, 1.54) is 12.4 Å². The summed E-state index contributed by atoms with van der Waals surface area (Å²) >= 11 is 0. The highest BCUT2D eigenvalue weighted by molar-refractivity contribution is 5.91. The molecule has 7 nitrogen and oxygen atoms in total. The van der Waals surface area contributed by atoms with Crippen LogP contribution in [-0.2, 0) is 11.3 Å². The van der Waals surface area contributed by atoms with Gasteiger partial charge in [0.05, 0.1) is 5.52 Å². The number of rotatable bonds is 3. The first-order valence-electron chi connectivity index (χ1n) is 6.61. The van der Waals surface area contributed by atoms with E-state index in [-0.39, 0.29) is 18.1 Å². The SMILES string of the molecule is Cc1nc(COC(=O)c2nccnc2N)nc2ccccc12. The standard InChI is InChI=1S/C15H13N5O2/c1-9-10-4-2-3-5-11(10)20-12(19-9)8-22-15(21)13-14(16)18-7-6-17-13/h2-7H,8H2,1H3,(H2,16,18). The summed E-state index contributed by atoms with van der Waals surface area (Å²) in [4.78, 5) is 28.3. The van der Waals surface area contributed by atoms with Crippen molar-refractivity contribution in [1.29, 1.82) is 0 Å². The number of esters is 1. The lowest BCUT2D eigenvalue weighted by molar-refractivity contribution is 0.0456. The van der Waals surface area contributed by atoms with Gasteiger partial charge in [-0.15, -0.1) is 0 Å². The molecule has 0 saturated heterocycles. The van der Waals surface area contributed by atoms with Crippen molar-refractivity contribution in [3.8, 4) is 0 Å². The zero-order chi connectivity index (χ0) is 15.5. The smallest absolute Gasteiger partial charge is 0.361 e. The lowest BCUT2D eigenvalue weighted by atomic mass is 10.2. The Morgan fingerprint density at radius 1 is 1.18 bits per heavy atom. The Hall–Kier alpha value is -3.09. The van der Waals surface area contributed by atoms with Gasteiger partial charge in [0.2, 0.25) is 0 Å². The lowest BCUT2D eigenvalue weighted by Crippen LogP contribution is -2.12. The minimum atomic E-state index is -0.653. The van der Waals surface area contributed by atoms with Crippen LogP contribution in [-0.4, -0.2) is 25.9 Å². The van der Waals surface area contributed by atoms with Crippen molar-refractivity contribution in [1.82, 2.24) is 19.9 Å². The number of para-hydroxylation sites is 1. The number of hydrogen-bond donors (Lipinski definition) is 1. The number of ether oxygens (including phenoxy) is 1. The molecule has 3 rings (SSSR count). The van der Waals surface area contributed by atoms with E-state index < -0.39 is 5.97 Å². The molecule has 0 unspecified atom stereocenters. The van der Waals surface area contributed by atoms with E-state index in [1.807, 2.05) is 31.2 Å². The van der Waals surface area contributed by atoms with Crippen molar-refractivity contribution in [2.75, 3.05) is 5.73 Å². The number of nitrogens with two attached hydrogens (primary N) is 1. The lowest BCUT2D eigenvalue weighted by Gasteiger charge is -2.07. The molecule has 0 spiro atoms. The van der Waals surface area contributed by atoms with Crippen molar-refractivity contribution in [3.63, 3.8) is 0 Å². The van der Waals surface area contributed by atoms with Gasteiger partial charge >= 0.3 is 5.97 Å². The fourth-order valence-corrected chi connectivity index (χ4v) is 2.06. The van der Waals surface area contributed by atoms with E-state index in [0.29, 0.717) is 5.82 Å². The van der Waals surface area contributed by atoms with Gasteiger partial charge in [-0.05, 0) is 13.0 Å². The van der Waals surface area contributed by atoms with Crippen LogP contribution in [0.5, 0.6) is 0 Å². The average Bonchev–Trinajstić information content (AvgIpc) is 2.53. The molecular weight excluding hydrogens is 282 g/mol. The highest BCUT2D eigenvalue weighted by Crippen LogP contribution is 2.15. The molecule has 2 N–H and O–H groups in total. The fourth-order valence-electron chi connectivity index (χ4n) is 2.06. The van der Waals surface area contributed by atoms with Crippen molar-refractivity contribution in [2.45, 2.75) is 13.5 Å². The molecule has 0 fully saturated rings. The molecule has 2 heterocycles. The van der Waals surface area contributed by atoms with Crippen LogP contribution >= 0.6 is 0 Å². The van der Waals surface area contributed by atoms with Crippen molar-refractivity contribution >= 4 is 22.7 Å². The van der Waals surface area contributed by atoms with Crippen LogP contribution in [0.1, 0.15) is 22.0 Å². The second kappa shape index (κ2) is 5.72. The van der Waals surface area contributed by atoms with Gasteiger partial charge in [-0.25, -0.2) is 24.7 Å². The summed E-state index contributed by atoms with van der Waals surface area (Å²) in [5.74, 6) is -0.199. The van der Waals surface area contributed by atoms with Crippen LogP contribution in [0.2, 0.25) is 0 Å². The highest BCUT2D eigenvalue weighted by atomic mass is 16.5. The van der Waals surface area contributed by atoms with Crippen LogP contribution in [0, 0.1) is 6.92 Å².